The molecule has 0 aliphatic heterocycles. The molecule has 0 aromatic heterocycles. The van der Waals surface area contributed by atoms with Gasteiger partial charge in [-0.05, 0) is 38.3 Å². The van der Waals surface area contributed by atoms with Crippen molar-refractivity contribution in [2.75, 3.05) is 14.2 Å². The second-order valence-electron chi connectivity index (χ2n) is 9.80. The van der Waals surface area contributed by atoms with Gasteiger partial charge in [-0.25, -0.2) is 0 Å². The molecule has 0 aliphatic carbocycles. The Hall–Kier alpha value is -2.95. The van der Waals surface area contributed by atoms with Crippen LogP contribution in [0.5, 0.6) is 11.5 Å². The molecule has 0 saturated heterocycles. The lowest BCUT2D eigenvalue weighted by Crippen LogP contribution is -2.17. The maximum Gasteiger partial charge on any atom is 0.233 e. The van der Waals surface area contributed by atoms with E-state index in [2.05, 4.69) is 0 Å². The average Bonchev–Trinajstić information content (AvgIpc) is 2.92. The van der Waals surface area contributed by atoms with Gasteiger partial charge in [0.15, 0.2) is 11.5 Å². The molecule has 0 amide bonds. The van der Waals surface area contributed by atoms with Crippen molar-refractivity contribution >= 4 is 17.3 Å². The van der Waals surface area contributed by atoms with E-state index in [1.165, 1.54) is 51.4 Å². The summed E-state index contributed by atoms with van der Waals surface area (Å²) in [5.41, 5.74) is 1.54. The van der Waals surface area contributed by atoms with E-state index in [1.54, 1.807) is 57.5 Å². The number of benzene rings is 2. The lowest BCUT2D eigenvalue weighted by molar-refractivity contribution is -0.117. The maximum atomic E-state index is 13.1. The van der Waals surface area contributed by atoms with Crippen LogP contribution in [-0.2, 0) is 11.2 Å². The average molecular weight is 509 g/mol. The fraction of sp³-hybridized carbons (Fsp3) is 0.531. The minimum absolute atomic E-state index is 0.301. The van der Waals surface area contributed by atoms with Crippen molar-refractivity contribution in [2.24, 2.45) is 0 Å². The quantitative estimate of drug-likeness (QED) is 0.103. The van der Waals surface area contributed by atoms with Crippen molar-refractivity contribution in [1.29, 1.82) is 0 Å². The van der Waals surface area contributed by atoms with Crippen molar-refractivity contribution < 1.29 is 23.9 Å². The van der Waals surface area contributed by atoms with Gasteiger partial charge in [-0.3, -0.25) is 9.59 Å². The van der Waals surface area contributed by atoms with Gasteiger partial charge in [0.1, 0.15) is 5.78 Å². The Bertz CT molecular complexity index is 980. The molecule has 0 unspecified atom stereocenters. The zero-order valence-electron chi connectivity index (χ0n) is 23.0. The first-order valence-corrected chi connectivity index (χ1v) is 13.9. The van der Waals surface area contributed by atoms with E-state index in [9.17, 15) is 14.4 Å². The summed E-state index contributed by atoms with van der Waals surface area (Å²) in [6, 6.07) is 12.0. The van der Waals surface area contributed by atoms with Crippen molar-refractivity contribution in [3.8, 4) is 11.5 Å². The van der Waals surface area contributed by atoms with Crippen molar-refractivity contribution in [1.82, 2.24) is 0 Å². The second kappa shape index (κ2) is 17.5. The van der Waals surface area contributed by atoms with Gasteiger partial charge in [0.2, 0.25) is 11.6 Å². The van der Waals surface area contributed by atoms with Crippen LogP contribution >= 0.6 is 0 Å². The molecule has 2 rings (SSSR count). The number of ether oxygens (including phenoxy) is 2. The molecule has 0 heterocycles. The third-order valence-electron chi connectivity index (χ3n) is 6.84. The van der Waals surface area contributed by atoms with Crippen LogP contribution in [0, 0.1) is 0 Å². The number of methoxy groups -OCH3 is 2. The van der Waals surface area contributed by atoms with Crippen LogP contribution in [0.1, 0.15) is 117 Å². The van der Waals surface area contributed by atoms with Crippen LogP contribution in [-0.4, -0.2) is 31.6 Å². The van der Waals surface area contributed by atoms with Gasteiger partial charge in [0, 0.05) is 23.1 Å². The first-order chi connectivity index (χ1) is 18.0. The van der Waals surface area contributed by atoms with E-state index in [0.29, 0.717) is 34.8 Å². The fourth-order valence-electron chi connectivity index (χ4n) is 4.74. The summed E-state index contributed by atoms with van der Waals surface area (Å²) in [4.78, 5) is 36.9. The summed E-state index contributed by atoms with van der Waals surface area (Å²) < 4.78 is 11.1. The SMILES string of the molecule is COc1ccc(C(=O)C(=O)c2ccccc2)c(CCCCCCCCCCCCCCC(C)=O)c1OC. The highest BCUT2D eigenvalue weighted by atomic mass is 16.5. The predicted molar refractivity (Wildman–Crippen MR) is 149 cm³/mol. The fourth-order valence-corrected chi connectivity index (χ4v) is 4.74. The topological polar surface area (TPSA) is 69.7 Å². The van der Waals surface area contributed by atoms with E-state index in [0.717, 1.165) is 37.7 Å². The molecule has 0 radical (unpaired) electrons. The van der Waals surface area contributed by atoms with E-state index >= 15 is 0 Å². The predicted octanol–water partition coefficient (Wildman–Crippen LogP) is 7.97. The molecular formula is C32H44O5. The van der Waals surface area contributed by atoms with Gasteiger partial charge >= 0.3 is 0 Å². The zero-order valence-corrected chi connectivity index (χ0v) is 23.0. The Labute approximate surface area is 222 Å². The summed E-state index contributed by atoms with van der Waals surface area (Å²) in [5.74, 6) is 0.386. The van der Waals surface area contributed by atoms with Crippen molar-refractivity contribution in [2.45, 2.75) is 96.8 Å². The summed E-state index contributed by atoms with van der Waals surface area (Å²) in [6.07, 6.45) is 15.6. The Kier molecular flexibility index (Phi) is 14.3. The molecule has 2 aromatic rings. The van der Waals surface area contributed by atoms with Crippen LogP contribution in [0.25, 0.3) is 0 Å². The van der Waals surface area contributed by atoms with Crippen molar-refractivity contribution in [3.05, 3.63) is 59.2 Å². The largest absolute Gasteiger partial charge is 0.493 e. The Morgan fingerprint density at radius 2 is 1.16 bits per heavy atom. The molecule has 0 saturated carbocycles. The number of carbonyl (C=O) groups excluding carboxylic acids is 3. The number of hydrogen-bond donors (Lipinski definition) is 0. The molecule has 5 nitrogen and oxygen atoms in total. The molecule has 0 atom stereocenters. The van der Waals surface area contributed by atoms with Gasteiger partial charge in [-0.2, -0.15) is 0 Å². The molecule has 2 aromatic carbocycles. The minimum atomic E-state index is -0.513. The summed E-state index contributed by atoms with van der Waals surface area (Å²) in [7, 11) is 3.15. The lowest BCUT2D eigenvalue weighted by atomic mass is 9.93. The molecule has 5 heteroatoms. The second-order valence-corrected chi connectivity index (χ2v) is 9.80. The Balaban J connectivity index is 1.78. The van der Waals surface area contributed by atoms with Crippen LogP contribution in [0.15, 0.2) is 42.5 Å². The molecule has 0 bridgehead atoms. The monoisotopic (exact) mass is 508 g/mol. The molecular weight excluding hydrogens is 464 g/mol. The van der Waals surface area contributed by atoms with Gasteiger partial charge in [-0.1, -0.05) is 94.5 Å². The summed E-state index contributed by atoms with van der Waals surface area (Å²) in [5, 5.41) is 0. The van der Waals surface area contributed by atoms with Gasteiger partial charge in [0.05, 0.1) is 14.2 Å². The standard InChI is InChI=1S/C32H44O5/c1-25(33)19-15-12-10-8-6-4-5-7-9-11-13-18-22-28-27(23-24-29(36-2)32(28)37-3)31(35)30(34)26-20-16-14-17-21-26/h14,16-17,20-21,23-24H,4-13,15,18-19,22H2,1-3H3. The number of unbranched alkanes of at least 4 members (excludes halogenated alkanes) is 11. The number of hydrogen-bond acceptors (Lipinski definition) is 5. The van der Waals surface area contributed by atoms with Gasteiger partial charge in [0.25, 0.3) is 0 Å². The highest BCUT2D eigenvalue weighted by Crippen LogP contribution is 2.35. The highest BCUT2D eigenvalue weighted by Gasteiger charge is 2.24. The van der Waals surface area contributed by atoms with Crippen LogP contribution in [0.2, 0.25) is 0 Å². The zero-order chi connectivity index (χ0) is 26.9. The molecule has 0 aliphatic rings. The third-order valence-corrected chi connectivity index (χ3v) is 6.84. The van der Waals surface area contributed by atoms with Gasteiger partial charge < -0.3 is 14.3 Å². The number of Topliss-reactive ketones (excluding diaryl/α,β-unsaturated/α-hetero) is 3. The van der Waals surface area contributed by atoms with Crippen LogP contribution in [0.3, 0.4) is 0 Å². The van der Waals surface area contributed by atoms with Gasteiger partial charge in [-0.15, -0.1) is 0 Å². The molecule has 202 valence electrons. The third kappa shape index (κ3) is 10.5. The maximum absolute atomic E-state index is 13.1. The first-order valence-electron chi connectivity index (χ1n) is 13.9. The lowest BCUT2D eigenvalue weighted by Gasteiger charge is -2.16. The normalized spacial score (nSPS) is 10.8. The first kappa shape index (κ1) is 30.3. The summed E-state index contributed by atoms with van der Waals surface area (Å²) >= 11 is 0. The number of rotatable bonds is 20. The number of ketones is 3. The Morgan fingerprint density at radius 3 is 1.68 bits per heavy atom. The molecule has 0 spiro atoms. The summed E-state index contributed by atoms with van der Waals surface area (Å²) in [6.45, 7) is 1.67. The van der Waals surface area contributed by atoms with E-state index in [1.807, 2.05) is 6.07 Å². The molecule has 0 fully saturated rings. The smallest absolute Gasteiger partial charge is 0.233 e. The molecule has 0 N–H and O–H groups in total. The molecule has 37 heavy (non-hydrogen) atoms. The highest BCUT2D eigenvalue weighted by molar-refractivity contribution is 6.49. The van der Waals surface area contributed by atoms with E-state index in [-0.39, 0.29) is 0 Å². The van der Waals surface area contributed by atoms with E-state index in [4.69, 9.17) is 9.47 Å². The minimum Gasteiger partial charge on any atom is -0.493 e. The van der Waals surface area contributed by atoms with Crippen LogP contribution < -0.4 is 9.47 Å². The van der Waals surface area contributed by atoms with Crippen LogP contribution in [0.4, 0.5) is 0 Å². The van der Waals surface area contributed by atoms with Crippen molar-refractivity contribution in [3.63, 3.8) is 0 Å². The number of carbonyl (C=O) groups is 3. The van der Waals surface area contributed by atoms with E-state index < -0.39 is 11.6 Å². The Morgan fingerprint density at radius 1 is 0.622 bits per heavy atom.